The molecule has 0 saturated carbocycles. The third kappa shape index (κ3) is 2.17. The van der Waals surface area contributed by atoms with Gasteiger partial charge < -0.3 is 5.73 Å². The zero-order valence-electron chi connectivity index (χ0n) is 8.31. The van der Waals surface area contributed by atoms with Crippen LogP contribution in [-0.4, -0.2) is 17.0 Å². The first-order chi connectivity index (χ1) is 5.76. The Hall–Kier alpha value is 0.310. The van der Waals surface area contributed by atoms with E-state index >= 15 is 0 Å². The first kappa shape index (κ1) is 10.4. The molecule has 1 fully saturated rings. The lowest BCUT2D eigenvalue weighted by Crippen LogP contribution is -2.20. The van der Waals surface area contributed by atoms with Crippen molar-refractivity contribution in [3.05, 3.63) is 0 Å². The smallest absolute Gasteiger partial charge is 0.0157 e. The largest absolute Gasteiger partial charge is 0.330 e. The van der Waals surface area contributed by atoms with Gasteiger partial charge in [0.2, 0.25) is 0 Å². The summed E-state index contributed by atoms with van der Waals surface area (Å²) in [5, 5.41) is 0. The van der Waals surface area contributed by atoms with Gasteiger partial charge in [0.25, 0.3) is 0 Å². The van der Waals surface area contributed by atoms with Crippen molar-refractivity contribution in [1.82, 2.24) is 0 Å². The second-order valence-corrected chi connectivity index (χ2v) is 5.34. The van der Waals surface area contributed by atoms with Crippen molar-refractivity contribution in [2.24, 2.45) is 11.7 Å². The number of rotatable bonds is 4. The highest BCUT2D eigenvalue weighted by molar-refractivity contribution is 8.00. The predicted molar refractivity (Wildman–Crippen MR) is 57.5 cm³/mol. The maximum atomic E-state index is 5.57. The maximum Gasteiger partial charge on any atom is 0.0157 e. The Morgan fingerprint density at radius 3 is 2.50 bits per heavy atom. The van der Waals surface area contributed by atoms with Crippen LogP contribution in [0.25, 0.3) is 0 Å². The number of hydrogen-bond donors (Lipinski definition) is 1. The van der Waals surface area contributed by atoms with Gasteiger partial charge in [0, 0.05) is 4.75 Å². The minimum atomic E-state index is 0.611. The van der Waals surface area contributed by atoms with Crippen molar-refractivity contribution in [2.75, 3.05) is 12.3 Å². The second kappa shape index (κ2) is 4.52. The van der Waals surface area contributed by atoms with E-state index in [0.717, 1.165) is 12.5 Å². The number of hydrogen-bond acceptors (Lipinski definition) is 2. The van der Waals surface area contributed by atoms with E-state index in [1.807, 2.05) is 0 Å². The van der Waals surface area contributed by atoms with Crippen molar-refractivity contribution in [2.45, 2.75) is 44.3 Å². The highest BCUT2D eigenvalue weighted by Crippen LogP contribution is 2.46. The zero-order chi connectivity index (χ0) is 9.03. The summed E-state index contributed by atoms with van der Waals surface area (Å²) in [5.41, 5.74) is 5.57. The van der Waals surface area contributed by atoms with Crippen LogP contribution < -0.4 is 5.73 Å². The summed E-state index contributed by atoms with van der Waals surface area (Å²) in [6, 6.07) is 0. The normalized spacial score (nSPS) is 27.8. The third-order valence-electron chi connectivity index (χ3n) is 3.15. The van der Waals surface area contributed by atoms with E-state index in [-0.39, 0.29) is 0 Å². The van der Waals surface area contributed by atoms with Gasteiger partial charge in [0.15, 0.2) is 0 Å². The highest BCUT2D eigenvalue weighted by atomic mass is 32.2. The molecule has 1 rings (SSSR count). The Labute approximate surface area is 80.5 Å². The molecule has 2 heteroatoms. The SMILES string of the molecule is CCC1(CC)CC(CCN)CS1. The van der Waals surface area contributed by atoms with E-state index in [4.69, 9.17) is 5.73 Å². The van der Waals surface area contributed by atoms with Crippen LogP contribution >= 0.6 is 11.8 Å². The van der Waals surface area contributed by atoms with Gasteiger partial charge in [-0.25, -0.2) is 0 Å². The van der Waals surface area contributed by atoms with Gasteiger partial charge in [-0.1, -0.05) is 13.8 Å². The standard InChI is InChI=1S/C10H21NS/c1-3-10(4-2)7-9(5-6-11)8-12-10/h9H,3-8,11H2,1-2H3. The fourth-order valence-electron chi connectivity index (χ4n) is 2.10. The van der Waals surface area contributed by atoms with E-state index in [9.17, 15) is 0 Å². The Morgan fingerprint density at radius 2 is 2.08 bits per heavy atom. The van der Waals surface area contributed by atoms with Gasteiger partial charge in [-0.3, -0.25) is 0 Å². The minimum absolute atomic E-state index is 0.611. The van der Waals surface area contributed by atoms with Crippen molar-refractivity contribution < 1.29 is 0 Å². The van der Waals surface area contributed by atoms with E-state index in [2.05, 4.69) is 25.6 Å². The molecule has 0 aliphatic carbocycles. The highest BCUT2D eigenvalue weighted by Gasteiger charge is 2.36. The molecule has 1 heterocycles. The summed E-state index contributed by atoms with van der Waals surface area (Å²) in [6.45, 7) is 5.51. The first-order valence-electron chi connectivity index (χ1n) is 5.10. The molecule has 0 spiro atoms. The molecule has 0 aromatic rings. The molecule has 1 atom stereocenters. The van der Waals surface area contributed by atoms with Crippen LogP contribution in [0.3, 0.4) is 0 Å². The Kier molecular flexibility index (Phi) is 3.91. The van der Waals surface area contributed by atoms with Crippen LogP contribution in [0.15, 0.2) is 0 Å². The summed E-state index contributed by atoms with van der Waals surface area (Å²) in [7, 11) is 0. The molecule has 2 N–H and O–H groups in total. The van der Waals surface area contributed by atoms with Gasteiger partial charge >= 0.3 is 0 Å². The molecule has 0 aromatic heterocycles. The lowest BCUT2D eigenvalue weighted by molar-refractivity contribution is 0.426. The average molecular weight is 187 g/mol. The molecule has 0 amide bonds. The molecule has 1 saturated heterocycles. The fourth-order valence-corrected chi connectivity index (χ4v) is 3.74. The maximum absolute atomic E-state index is 5.57. The van der Waals surface area contributed by atoms with Crippen LogP contribution in [0.1, 0.15) is 39.5 Å². The van der Waals surface area contributed by atoms with Crippen molar-refractivity contribution in [1.29, 1.82) is 0 Å². The van der Waals surface area contributed by atoms with E-state index in [0.29, 0.717) is 4.75 Å². The summed E-state index contributed by atoms with van der Waals surface area (Å²) >= 11 is 2.18. The molecule has 0 bridgehead atoms. The molecular formula is C10H21NS. The lowest BCUT2D eigenvalue weighted by atomic mass is 9.90. The predicted octanol–water partition coefficient (Wildman–Crippen LogP) is 2.65. The van der Waals surface area contributed by atoms with Gasteiger partial charge in [-0.05, 0) is 43.9 Å². The molecule has 0 radical (unpaired) electrons. The Bertz CT molecular complexity index is 132. The van der Waals surface area contributed by atoms with Crippen molar-refractivity contribution in [3.8, 4) is 0 Å². The van der Waals surface area contributed by atoms with Crippen LogP contribution in [0.5, 0.6) is 0 Å². The van der Waals surface area contributed by atoms with E-state index in [1.54, 1.807) is 0 Å². The number of nitrogens with two attached hydrogens (primary N) is 1. The summed E-state index contributed by atoms with van der Waals surface area (Å²) < 4.78 is 0.611. The van der Waals surface area contributed by atoms with Crippen molar-refractivity contribution in [3.63, 3.8) is 0 Å². The average Bonchev–Trinajstić information content (AvgIpc) is 2.50. The van der Waals surface area contributed by atoms with Gasteiger partial charge in [-0.15, -0.1) is 0 Å². The molecule has 1 aliphatic rings. The van der Waals surface area contributed by atoms with Gasteiger partial charge in [0.05, 0.1) is 0 Å². The minimum Gasteiger partial charge on any atom is -0.330 e. The molecular weight excluding hydrogens is 166 g/mol. The van der Waals surface area contributed by atoms with Crippen LogP contribution in [0.2, 0.25) is 0 Å². The first-order valence-corrected chi connectivity index (χ1v) is 6.09. The van der Waals surface area contributed by atoms with Crippen molar-refractivity contribution >= 4 is 11.8 Å². The summed E-state index contributed by atoms with van der Waals surface area (Å²) in [4.78, 5) is 0. The second-order valence-electron chi connectivity index (χ2n) is 3.85. The summed E-state index contributed by atoms with van der Waals surface area (Å²) in [6.07, 6.45) is 5.29. The quantitative estimate of drug-likeness (QED) is 0.732. The van der Waals surface area contributed by atoms with Crippen LogP contribution in [0.4, 0.5) is 0 Å². The third-order valence-corrected chi connectivity index (χ3v) is 5.14. The number of thioether (sulfide) groups is 1. The molecule has 72 valence electrons. The van der Waals surface area contributed by atoms with E-state index in [1.165, 1.54) is 31.4 Å². The van der Waals surface area contributed by atoms with Gasteiger partial charge in [-0.2, -0.15) is 11.8 Å². The fraction of sp³-hybridized carbons (Fsp3) is 1.00. The molecule has 1 unspecified atom stereocenters. The topological polar surface area (TPSA) is 26.0 Å². The lowest BCUT2D eigenvalue weighted by Gasteiger charge is -2.24. The summed E-state index contributed by atoms with van der Waals surface area (Å²) in [5.74, 6) is 2.25. The van der Waals surface area contributed by atoms with Crippen LogP contribution in [0, 0.1) is 5.92 Å². The zero-order valence-corrected chi connectivity index (χ0v) is 9.12. The Morgan fingerprint density at radius 1 is 1.42 bits per heavy atom. The van der Waals surface area contributed by atoms with Crippen LogP contribution in [-0.2, 0) is 0 Å². The Balaban J connectivity index is 2.41. The molecule has 0 aromatic carbocycles. The molecule has 1 aliphatic heterocycles. The monoisotopic (exact) mass is 187 g/mol. The van der Waals surface area contributed by atoms with Gasteiger partial charge in [0.1, 0.15) is 0 Å². The van der Waals surface area contributed by atoms with E-state index < -0.39 is 0 Å². The molecule has 1 nitrogen and oxygen atoms in total. The molecule has 12 heavy (non-hydrogen) atoms.